The maximum Gasteiger partial charge on any atom is 0.230 e. The fourth-order valence-electron chi connectivity index (χ4n) is 1.31. The average Bonchev–Trinajstić information content (AvgIpc) is 2.04. The summed E-state index contributed by atoms with van der Waals surface area (Å²) in [7, 11) is 0. The van der Waals surface area contributed by atoms with Gasteiger partial charge in [-0.3, -0.25) is 4.79 Å². The van der Waals surface area contributed by atoms with Crippen LogP contribution in [0, 0.1) is 0 Å². The maximum absolute atomic E-state index is 10.9. The van der Waals surface area contributed by atoms with Crippen LogP contribution in [0.1, 0.15) is 0 Å². The summed E-state index contributed by atoms with van der Waals surface area (Å²) in [6, 6.07) is 0.245. The van der Waals surface area contributed by atoms with E-state index >= 15 is 0 Å². The largest absolute Gasteiger partial charge is 0.347 e. The molecule has 3 nitrogen and oxygen atoms in total. The summed E-state index contributed by atoms with van der Waals surface area (Å²) in [5, 5.41) is 6.13. The van der Waals surface area contributed by atoms with Crippen molar-refractivity contribution in [3.8, 4) is 0 Å². The molecular formula is C7H10N2OS. The van der Waals surface area contributed by atoms with E-state index in [9.17, 15) is 4.79 Å². The number of fused-ring (bicyclic) bond motifs is 1. The first-order valence-electron chi connectivity index (χ1n) is 3.69. The second-order valence-corrected chi connectivity index (χ2v) is 3.72. The molecule has 2 heterocycles. The van der Waals surface area contributed by atoms with E-state index in [0.29, 0.717) is 5.75 Å². The van der Waals surface area contributed by atoms with E-state index in [-0.39, 0.29) is 11.9 Å². The van der Waals surface area contributed by atoms with Crippen LogP contribution >= 0.6 is 11.8 Å². The second-order valence-electron chi connectivity index (χ2n) is 2.67. The van der Waals surface area contributed by atoms with Crippen LogP contribution in [-0.4, -0.2) is 30.8 Å². The monoisotopic (exact) mass is 170 g/mol. The van der Waals surface area contributed by atoms with Crippen molar-refractivity contribution in [3.05, 3.63) is 11.0 Å². The Hall–Kier alpha value is -0.480. The number of rotatable bonds is 0. The predicted octanol–water partition coefficient (Wildman–Crippen LogP) is -0.295. The van der Waals surface area contributed by atoms with Crippen LogP contribution in [0.5, 0.6) is 0 Å². The summed E-state index contributed by atoms with van der Waals surface area (Å²) in [5.74, 6) is 0.739. The Balaban J connectivity index is 2.12. The van der Waals surface area contributed by atoms with E-state index < -0.39 is 0 Å². The molecule has 0 radical (unpaired) electrons. The normalized spacial score (nSPS) is 30.4. The quantitative estimate of drug-likeness (QED) is 0.524. The van der Waals surface area contributed by atoms with Crippen molar-refractivity contribution in [1.29, 1.82) is 0 Å². The highest BCUT2D eigenvalue weighted by Gasteiger charge is 2.24. The van der Waals surface area contributed by atoms with Gasteiger partial charge in [0.2, 0.25) is 5.91 Å². The molecule has 0 saturated carbocycles. The Morgan fingerprint density at radius 1 is 1.64 bits per heavy atom. The van der Waals surface area contributed by atoms with Crippen LogP contribution in [0.2, 0.25) is 0 Å². The molecule has 1 saturated heterocycles. The molecule has 4 heteroatoms. The minimum Gasteiger partial charge on any atom is -0.347 e. The Morgan fingerprint density at radius 3 is 3.45 bits per heavy atom. The number of amides is 1. The molecule has 0 bridgehead atoms. The van der Waals surface area contributed by atoms with Crippen molar-refractivity contribution >= 4 is 17.7 Å². The lowest BCUT2D eigenvalue weighted by Gasteiger charge is -2.29. The van der Waals surface area contributed by atoms with E-state index in [1.54, 1.807) is 11.8 Å². The van der Waals surface area contributed by atoms with E-state index in [1.807, 2.05) is 0 Å². The van der Waals surface area contributed by atoms with Crippen LogP contribution in [-0.2, 0) is 4.79 Å². The second kappa shape index (κ2) is 2.87. The Kier molecular flexibility index (Phi) is 1.87. The standard InChI is InChI=1S/C7H10N2OS/c10-7-4-11-6-1-2-8-3-5(6)9-7/h1,5,8H,2-4H2,(H,9,10). The zero-order valence-corrected chi connectivity index (χ0v) is 6.91. The van der Waals surface area contributed by atoms with Crippen molar-refractivity contribution in [3.63, 3.8) is 0 Å². The number of thioether (sulfide) groups is 1. The Bertz CT molecular complexity index is 214. The van der Waals surface area contributed by atoms with Gasteiger partial charge in [0.25, 0.3) is 0 Å². The first-order chi connectivity index (χ1) is 5.36. The molecule has 60 valence electrons. The van der Waals surface area contributed by atoms with Gasteiger partial charge in [-0.05, 0) is 0 Å². The van der Waals surface area contributed by atoms with Gasteiger partial charge in [0.1, 0.15) is 0 Å². The van der Waals surface area contributed by atoms with Crippen molar-refractivity contribution in [2.24, 2.45) is 0 Å². The lowest BCUT2D eigenvalue weighted by atomic mass is 10.2. The van der Waals surface area contributed by atoms with Gasteiger partial charge in [-0.1, -0.05) is 6.08 Å². The topological polar surface area (TPSA) is 41.1 Å². The molecule has 1 unspecified atom stereocenters. The molecule has 0 aromatic rings. The third kappa shape index (κ3) is 1.41. The molecule has 1 fully saturated rings. The van der Waals surface area contributed by atoms with Crippen molar-refractivity contribution < 1.29 is 4.79 Å². The van der Waals surface area contributed by atoms with Gasteiger partial charge in [0.15, 0.2) is 0 Å². The highest BCUT2D eigenvalue weighted by molar-refractivity contribution is 8.03. The molecule has 2 aliphatic rings. The number of nitrogens with one attached hydrogen (secondary N) is 2. The van der Waals surface area contributed by atoms with Gasteiger partial charge in [-0.15, -0.1) is 11.8 Å². The third-order valence-corrected chi connectivity index (χ3v) is 3.04. The molecule has 2 aliphatic heterocycles. The van der Waals surface area contributed by atoms with Gasteiger partial charge >= 0.3 is 0 Å². The van der Waals surface area contributed by atoms with E-state index in [0.717, 1.165) is 13.1 Å². The summed E-state index contributed by atoms with van der Waals surface area (Å²) in [6.07, 6.45) is 2.15. The molecule has 0 aliphatic carbocycles. The molecule has 2 N–H and O–H groups in total. The van der Waals surface area contributed by atoms with Crippen molar-refractivity contribution in [2.75, 3.05) is 18.8 Å². The molecule has 11 heavy (non-hydrogen) atoms. The predicted molar refractivity (Wildman–Crippen MR) is 45.3 cm³/mol. The fourth-order valence-corrected chi connectivity index (χ4v) is 2.24. The van der Waals surface area contributed by atoms with Crippen molar-refractivity contribution in [2.45, 2.75) is 6.04 Å². The number of hydrogen-bond donors (Lipinski definition) is 2. The van der Waals surface area contributed by atoms with Crippen LogP contribution in [0.4, 0.5) is 0 Å². The molecular weight excluding hydrogens is 160 g/mol. The molecule has 0 aromatic heterocycles. The minimum absolute atomic E-state index is 0.154. The number of carbonyl (C=O) groups excluding carboxylic acids is 1. The summed E-state index contributed by atoms with van der Waals surface area (Å²) in [6.45, 7) is 1.82. The first kappa shape index (κ1) is 7.18. The van der Waals surface area contributed by atoms with Crippen LogP contribution in [0.25, 0.3) is 0 Å². The summed E-state index contributed by atoms with van der Waals surface area (Å²) < 4.78 is 0. The Labute approximate surface area is 69.6 Å². The minimum atomic E-state index is 0.154. The van der Waals surface area contributed by atoms with Gasteiger partial charge in [-0.2, -0.15) is 0 Å². The van der Waals surface area contributed by atoms with Crippen LogP contribution in [0.15, 0.2) is 11.0 Å². The molecule has 1 atom stereocenters. The highest BCUT2D eigenvalue weighted by Crippen LogP contribution is 2.24. The smallest absolute Gasteiger partial charge is 0.230 e. The maximum atomic E-state index is 10.9. The van der Waals surface area contributed by atoms with Gasteiger partial charge in [-0.25, -0.2) is 0 Å². The number of hydrogen-bond acceptors (Lipinski definition) is 3. The van der Waals surface area contributed by atoms with Crippen LogP contribution < -0.4 is 10.6 Å². The van der Waals surface area contributed by atoms with E-state index in [1.165, 1.54) is 4.91 Å². The average molecular weight is 170 g/mol. The molecule has 1 amide bonds. The SMILES string of the molecule is O=C1CSC2=CCNCC2N1. The van der Waals surface area contributed by atoms with Gasteiger partial charge in [0.05, 0.1) is 11.8 Å². The lowest BCUT2D eigenvalue weighted by Crippen LogP contribution is -2.48. The molecule has 2 rings (SSSR count). The summed E-state index contributed by atoms with van der Waals surface area (Å²) in [5.41, 5.74) is 0. The first-order valence-corrected chi connectivity index (χ1v) is 4.68. The zero-order valence-electron chi connectivity index (χ0n) is 6.09. The number of carbonyl (C=O) groups is 1. The van der Waals surface area contributed by atoms with Crippen molar-refractivity contribution in [1.82, 2.24) is 10.6 Å². The Morgan fingerprint density at radius 2 is 2.55 bits per heavy atom. The summed E-state index contributed by atoms with van der Waals surface area (Å²) >= 11 is 1.66. The highest BCUT2D eigenvalue weighted by atomic mass is 32.2. The summed E-state index contributed by atoms with van der Waals surface area (Å²) in [4.78, 5) is 12.3. The van der Waals surface area contributed by atoms with Gasteiger partial charge in [0, 0.05) is 18.0 Å². The van der Waals surface area contributed by atoms with E-state index in [4.69, 9.17) is 0 Å². The molecule has 0 spiro atoms. The fraction of sp³-hybridized carbons (Fsp3) is 0.571. The van der Waals surface area contributed by atoms with Crippen LogP contribution in [0.3, 0.4) is 0 Å². The molecule has 0 aromatic carbocycles. The lowest BCUT2D eigenvalue weighted by molar-refractivity contribution is -0.119. The van der Waals surface area contributed by atoms with E-state index in [2.05, 4.69) is 16.7 Å². The van der Waals surface area contributed by atoms with Gasteiger partial charge < -0.3 is 10.6 Å². The third-order valence-electron chi connectivity index (χ3n) is 1.84. The zero-order chi connectivity index (χ0) is 7.68.